The fourth-order valence-corrected chi connectivity index (χ4v) is 0.980. The molecule has 0 atom stereocenters. The van der Waals surface area contributed by atoms with Crippen LogP contribution in [0.4, 0.5) is 13.2 Å². The Labute approximate surface area is 103 Å². The van der Waals surface area contributed by atoms with Gasteiger partial charge in [-0.05, 0) is 17.7 Å². The molecule has 0 saturated heterocycles. The molecule has 0 heterocycles. The van der Waals surface area contributed by atoms with E-state index in [1.807, 2.05) is 0 Å². The first kappa shape index (κ1) is 16.2. The highest BCUT2D eigenvalue weighted by Gasteiger charge is 2.29. The fraction of sp³-hybridized carbons (Fsp3) is 0.182. The van der Waals surface area contributed by atoms with E-state index in [0.29, 0.717) is 5.56 Å². The molecule has 0 saturated carbocycles. The molecule has 96 valence electrons. The smallest absolute Gasteiger partial charge is 0.424 e. The number of nitrogens with zero attached hydrogens (tertiary/aromatic N) is 1. The quantitative estimate of drug-likeness (QED) is 0.798. The van der Waals surface area contributed by atoms with E-state index in [0.717, 1.165) is 18.1 Å². The summed E-state index contributed by atoms with van der Waals surface area (Å²) in [4.78, 5) is 0. The van der Waals surface area contributed by atoms with Crippen LogP contribution in [0.15, 0.2) is 30.2 Å². The number of nitriles is 1. The summed E-state index contributed by atoms with van der Waals surface area (Å²) < 4.78 is 36.4. The summed E-state index contributed by atoms with van der Waals surface area (Å²) >= 11 is 0. The van der Waals surface area contributed by atoms with E-state index >= 15 is 0 Å². The molecule has 0 aliphatic rings. The molecule has 1 aromatic carbocycles. The second kappa shape index (κ2) is 7.53. The third-order valence-corrected chi connectivity index (χ3v) is 1.70. The molecular weight excluding hydrogens is 246 g/mol. The van der Waals surface area contributed by atoms with Crippen molar-refractivity contribution in [2.75, 3.05) is 0 Å². The summed E-state index contributed by atoms with van der Waals surface area (Å²) in [6, 6.07) is 6.12. The van der Waals surface area contributed by atoms with Crippen molar-refractivity contribution in [3.8, 4) is 6.07 Å². The summed E-state index contributed by atoms with van der Waals surface area (Å²) in [5.74, 6) is 1.06. The topological polar surface area (TPSA) is 64.2 Å². The Morgan fingerprint density at radius 1 is 1.22 bits per heavy atom. The molecule has 1 aromatic rings. The van der Waals surface area contributed by atoms with Crippen molar-refractivity contribution in [3.05, 3.63) is 41.4 Å². The van der Waals surface area contributed by atoms with Gasteiger partial charge in [-0.1, -0.05) is 24.2 Å². The first-order valence-corrected chi connectivity index (χ1v) is 4.83. The lowest BCUT2D eigenvalue weighted by molar-refractivity contribution is -0.137. The molecule has 0 unspecified atom stereocenters. The SMILES string of the molecule is CC#N.OB(O)/C=C/c1ccc(C(F)(F)F)cc1. The van der Waals surface area contributed by atoms with E-state index in [2.05, 4.69) is 0 Å². The summed E-state index contributed by atoms with van der Waals surface area (Å²) in [5, 5.41) is 24.3. The van der Waals surface area contributed by atoms with Gasteiger partial charge < -0.3 is 10.0 Å². The molecule has 0 spiro atoms. The largest absolute Gasteiger partial charge is 0.480 e. The summed E-state index contributed by atoms with van der Waals surface area (Å²) in [6.07, 6.45) is -3.02. The Bertz CT molecular complexity index is 421. The number of rotatable bonds is 2. The molecule has 0 bridgehead atoms. The van der Waals surface area contributed by atoms with Gasteiger partial charge in [-0.3, -0.25) is 0 Å². The molecule has 3 nitrogen and oxygen atoms in total. The Balaban J connectivity index is 0.000000873. The van der Waals surface area contributed by atoms with Crippen molar-refractivity contribution < 1.29 is 23.2 Å². The van der Waals surface area contributed by atoms with E-state index < -0.39 is 18.9 Å². The maximum Gasteiger partial charge on any atom is 0.480 e. The lowest BCUT2D eigenvalue weighted by Gasteiger charge is -2.05. The van der Waals surface area contributed by atoms with Gasteiger partial charge >= 0.3 is 13.3 Å². The van der Waals surface area contributed by atoms with Gasteiger partial charge in [-0.25, -0.2) is 0 Å². The van der Waals surface area contributed by atoms with Crippen molar-refractivity contribution in [2.24, 2.45) is 0 Å². The van der Waals surface area contributed by atoms with Gasteiger partial charge in [0.25, 0.3) is 0 Å². The molecule has 7 heteroatoms. The van der Waals surface area contributed by atoms with E-state index in [4.69, 9.17) is 15.3 Å². The molecule has 0 fully saturated rings. The summed E-state index contributed by atoms with van der Waals surface area (Å²) in [6.45, 7) is 1.43. The number of halogens is 3. The average Bonchev–Trinajstić information content (AvgIpc) is 2.27. The molecule has 0 aliphatic carbocycles. The molecule has 0 radical (unpaired) electrons. The highest BCUT2D eigenvalue weighted by molar-refractivity contribution is 6.48. The maximum atomic E-state index is 12.1. The minimum absolute atomic E-state index is 0.469. The van der Waals surface area contributed by atoms with E-state index in [1.165, 1.54) is 25.1 Å². The standard InChI is InChI=1S/C9H8BF3O2.C2H3N/c11-9(12,13)8-3-1-7(2-4-8)5-6-10(14)15;1-2-3/h1-6,14-15H;1H3/b6-5+;. The lowest BCUT2D eigenvalue weighted by Crippen LogP contribution is -2.05. The van der Waals surface area contributed by atoms with Crippen molar-refractivity contribution in [3.63, 3.8) is 0 Å². The van der Waals surface area contributed by atoms with Crippen LogP contribution in [-0.4, -0.2) is 17.2 Å². The Morgan fingerprint density at radius 3 is 2.00 bits per heavy atom. The summed E-state index contributed by atoms with van der Waals surface area (Å²) in [5.41, 5.74) is -0.264. The predicted octanol–water partition coefficient (Wildman–Crippen LogP) is 2.26. The molecular formula is C11H11BF3NO2. The first-order chi connectivity index (χ1) is 8.31. The van der Waals surface area contributed by atoms with Crippen LogP contribution in [0.2, 0.25) is 0 Å². The van der Waals surface area contributed by atoms with Gasteiger partial charge in [-0.2, -0.15) is 18.4 Å². The van der Waals surface area contributed by atoms with Crippen LogP contribution in [0.3, 0.4) is 0 Å². The Morgan fingerprint density at radius 2 is 1.67 bits per heavy atom. The predicted molar refractivity (Wildman–Crippen MR) is 62.0 cm³/mol. The maximum absolute atomic E-state index is 12.1. The molecule has 0 aromatic heterocycles. The number of benzene rings is 1. The van der Waals surface area contributed by atoms with Crippen molar-refractivity contribution in [1.29, 1.82) is 5.26 Å². The molecule has 2 N–H and O–H groups in total. The Kier molecular flexibility index (Phi) is 6.79. The van der Waals surface area contributed by atoms with Crippen LogP contribution in [-0.2, 0) is 6.18 Å². The second-order valence-corrected chi connectivity index (χ2v) is 3.12. The number of alkyl halides is 3. The van der Waals surface area contributed by atoms with E-state index in [9.17, 15) is 13.2 Å². The van der Waals surface area contributed by atoms with Gasteiger partial charge in [0.05, 0.1) is 11.6 Å². The zero-order valence-electron chi connectivity index (χ0n) is 9.52. The zero-order valence-corrected chi connectivity index (χ0v) is 9.52. The van der Waals surface area contributed by atoms with E-state index in [1.54, 1.807) is 6.07 Å². The highest BCUT2D eigenvalue weighted by atomic mass is 19.4. The highest BCUT2D eigenvalue weighted by Crippen LogP contribution is 2.29. The van der Waals surface area contributed by atoms with Gasteiger partial charge in [0.1, 0.15) is 0 Å². The van der Waals surface area contributed by atoms with Crippen LogP contribution in [0, 0.1) is 11.3 Å². The zero-order chi connectivity index (χ0) is 14.2. The van der Waals surface area contributed by atoms with Crippen LogP contribution in [0.25, 0.3) is 6.08 Å². The normalized spacial score (nSPS) is 10.5. The van der Waals surface area contributed by atoms with Crippen LogP contribution in [0.1, 0.15) is 18.1 Å². The van der Waals surface area contributed by atoms with Crippen LogP contribution >= 0.6 is 0 Å². The van der Waals surface area contributed by atoms with Gasteiger partial charge in [0, 0.05) is 6.92 Å². The molecule has 18 heavy (non-hydrogen) atoms. The Hall–Kier alpha value is -1.78. The molecule has 0 amide bonds. The third-order valence-electron chi connectivity index (χ3n) is 1.70. The van der Waals surface area contributed by atoms with Gasteiger partial charge in [0.15, 0.2) is 0 Å². The molecule has 1 rings (SSSR count). The number of hydrogen-bond donors (Lipinski definition) is 2. The summed E-state index contributed by atoms with van der Waals surface area (Å²) in [7, 11) is -1.60. The van der Waals surface area contributed by atoms with Gasteiger partial charge in [-0.15, -0.1) is 0 Å². The van der Waals surface area contributed by atoms with Crippen molar-refractivity contribution in [2.45, 2.75) is 13.1 Å². The minimum Gasteiger partial charge on any atom is -0.424 e. The van der Waals surface area contributed by atoms with Crippen LogP contribution < -0.4 is 0 Å². The first-order valence-electron chi connectivity index (χ1n) is 4.83. The number of hydrogen-bond acceptors (Lipinski definition) is 3. The second-order valence-electron chi connectivity index (χ2n) is 3.12. The van der Waals surface area contributed by atoms with Crippen molar-refractivity contribution in [1.82, 2.24) is 0 Å². The third kappa shape index (κ3) is 6.73. The fourth-order valence-electron chi connectivity index (χ4n) is 0.980. The van der Waals surface area contributed by atoms with Crippen molar-refractivity contribution >= 4 is 13.2 Å². The average molecular weight is 257 g/mol. The molecule has 0 aliphatic heterocycles. The van der Waals surface area contributed by atoms with E-state index in [-0.39, 0.29) is 0 Å². The van der Waals surface area contributed by atoms with Crippen LogP contribution in [0.5, 0.6) is 0 Å². The lowest BCUT2D eigenvalue weighted by atomic mass is 9.90. The monoisotopic (exact) mass is 257 g/mol. The minimum atomic E-state index is -4.35. The van der Waals surface area contributed by atoms with Gasteiger partial charge in [0.2, 0.25) is 0 Å².